The average molecular weight is 465 g/mol. The first-order valence-corrected chi connectivity index (χ1v) is 9.35. The van der Waals surface area contributed by atoms with E-state index in [9.17, 15) is 31.1 Å². The highest BCUT2D eigenvalue weighted by Gasteiger charge is 2.38. The monoisotopic (exact) mass is 465 g/mol. The van der Waals surface area contributed by atoms with E-state index in [1.165, 1.54) is 6.08 Å². The third-order valence-electron chi connectivity index (χ3n) is 4.66. The standard InChI is InChI=1S/C21H13F6N5O/c22-20(23,24)12-4-3-11(14(8-12)21(25,26)27)10-29-19-31-17(18(33)32-19)9-13-5-6-15-16(30-13)2-1-7-28-15/h1-9H,10H2,(H2,29,31,32,33). The second kappa shape index (κ2) is 8.19. The van der Waals surface area contributed by atoms with Gasteiger partial charge in [0, 0.05) is 12.7 Å². The molecule has 33 heavy (non-hydrogen) atoms. The average Bonchev–Trinajstić information content (AvgIpc) is 3.10. The number of guanidine groups is 1. The summed E-state index contributed by atoms with van der Waals surface area (Å²) in [7, 11) is 0. The van der Waals surface area contributed by atoms with Crippen molar-refractivity contribution in [1.82, 2.24) is 20.6 Å². The smallest absolute Gasteiger partial charge is 0.352 e. The molecule has 12 heteroatoms. The summed E-state index contributed by atoms with van der Waals surface area (Å²) in [5.41, 5.74) is -1.58. The van der Waals surface area contributed by atoms with Crippen molar-refractivity contribution in [3.05, 3.63) is 76.7 Å². The maximum Gasteiger partial charge on any atom is 0.416 e. The highest BCUT2D eigenvalue weighted by Crippen LogP contribution is 2.37. The van der Waals surface area contributed by atoms with Gasteiger partial charge in [0.15, 0.2) is 0 Å². The summed E-state index contributed by atoms with van der Waals surface area (Å²) in [6.45, 7) is -0.515. The van der Waals surface area contributed by atoms with Gasteiger partial charge in [0.2, 0.25) is 5.96 Å². The van der Waals surface area contributed by atoms with Gasteiger partial charge in [-0.3, -0.25) is 9.78 Å². The van der Waals surface area contributed by atoms with Gasteiger partial charge in [-0.1, -0.05) is 6.07 Å². The van der Waals surface area contributed by atoms with Gasteiger partial charge in [-0.25, -0.2) is 4.98 Å². The molecular weight excluding hydrogens is 452 g/mol. The van der Waals surface area contributed by atoms with Crippen molar-refractivity contribution in [3.63, 3.8) is 0 Å². The molecule has 6 nitrogen and oxygen atoms in total. The zero-order valence-electron chi connectivity index (χ0n) is 16.4. The van der Waals surface area contributed by atoms with Crippen molar-refractivity contribution in [1.29, 1.82) is 0 Å². The number of fused-ring (bicyclic) bond motifs is 1. The molecule has 0 radical (unpaired) electrons. The van der Waals surface area contributed by atoms with Crippen LogP contribution in [-0.4, -0.2) is 21.8 Å². The van der Waals surface area contributed by atoms with E-state index in [2.05, 4.69) is 25.6 Å². The van der Waals surface area contributed by atoms with Crippen LogP contribution in [0, 0.1) is 0 Å². The molecule has 1 amide bonds. The summed E-state index contributed by atoms with van der Waals surface area (Å²) in [5, 5.41) is 5.14. The number of aromatic nitrogens is 2. The van der Waals surface area contributed by atoms with Crippen LogP contribution in [0.25, 0.3) is 17.1 Å². The van der Waals surface area contributed by atoms with Crippen molar-refractivity contribution in [2.24, 2.45) is 4.99 Å². The third-order valence-corrected chi connectivity index (χ3v) is 4.66. The van der Waals surface area contributed by atoms with E-state index < -0.39 is 41.5 Å². The Morgan fingerprint density at radius 2 is 1.76 bits per heavy atom. The molecule has 0 saturated carbocycles. The van der Waals surface area contributed by atoms with Gasteiger partial charge < -0.3 is 10.6 Å². The summed E-state index contributed by atoms with van der Waals surface area (Å²) in [6.07, 6.45) is -6.90. The van der Waals surface area contributed by atoms with Gasteiger partial charge in [-0.15, -0.1) is 0 Å². The number of carbonyl (C=O) groups excluding carboxylic acids is 1. The Labute approximate surface area is 182 Å². The number of nitrogens with one attached hydrogen (secondary N) is 2. The first kappa shape index (κ1) is 22.2. The number of benzene rings is 1. The van der Waals surface area contributed by atoms with Crippen molar-refractivity contribution >= 4 is 29.0 Å². The van der Waals surface area contributed by atoms with Crippen molar-refractivity contribution < 1.29 is 31.1 Å². The lowest BCUT2D eigenvalue weighted by Gasteiger charge is -2.16. The molecule has 3 heterocycles. The van der Waals surface area contributed by atoms with E-state index in [0.717, 1.165) is 6.07 Å². The van der Waals surface area contributed by atoms with E-state index in [0.29, 0.717) is 22.8 Å². The largest absolute Gasteiger partial charge is 0.416 e. The minimum atomic E-state index is -5.00. The van der Waals surface area contributed by atoms with Crippen LogP contribution in [0.4, 0.5) is 26.3 Å². The van der Waals surface area contributed by atoms with Crippen LogP contribution in [0.5, 0.6) is 0 Å². The second-order valence-corrected chi connectivity index (χ2v) is 6.95. The Balaban J connectivity index is 1.50. The zero-order chi connectivity index (χ0) is 23.8. The number of carbonyl (C=O) groups is 1. The van der Waals surface area contributed by atoms with Gasteiger partial charge in [0.1, 0.15) is 5.70 Å². The Hall–Kier alpha value is -3.96. The number of amides is 1. The summed E-state index contributed by atoms with van der Waals surface area (Å²) in [6, 6.07) is 8.12. The van der Waals surface area contributed by atoms with E-state index in [1.54, 1.807) is 30.5 Å². The van der Waals surface area contributed by atoms with Gasteiger partial charge in [0.25, 0.3) is 5.91 Å². The Kier molecular flexibility index (Phi) is 5.52. The fourth-order valence-electron chi connectivity index (χ4n) is 3.10. The molecule has 1 aromatic carbocycles. The van der Waals surface area contributed by atoms with E-state index in [4.69, 9.17) is 0 Å². The van der Waals surface area contributed by atoms with Crippen molar-refractivity contribution in [2.45, 2.75) is 18.9 Å². The molecule has 2 N–H and O–H groups in total. The third kappa shape index (κ3) is 4.94. The topological polar surface area (TPSA) is 79.3 Å². The molecule has 0 atom stereocenters. The van der Waals surface area contributed by atoms with Crippen molar-refractivity contribution in [3.8, 4) is 0 Å². The molecule has 0 aliphatic carbocycles. The second-order valence-electron chi connectivity index (χ2n) is 6.95. The van der Waals surface area contributed by atoms with Crippen LogP contribution in [0.1, 0.15) is 22.4 Å². The molecule has 0 spiro atoms. The van der Waals surface area contributed by atoms with Gasteiger partial charge in [-0.2, -0.15) is 31.3 Å². The number of rotatable bonds is 3. The first-order valence-electron chi connectivity index (χ1n) is 9.35. The number of hydrogen-bond acceptors (Lipinski definition) is 5. The summed E-state index contributed by atoms with van der Waals surface area (Å²) in [5.74, 6) is -0.823. The number of pyridine rings is 2. The number of aliphatic imine (C=N–C) groups is 1. The van der Waals surface area contributed by atoms with Crippen LogP contribution in [0.15, 0.2) is 59.4 Å². The minimum absolute atomic E-state index is 0.0247. The predicted molar refractivity (Wildman–Crippen MR) is 106 cm³/mol. The minimum Gasteiger partial charge on any atom is -0.352 e. The lowest BCUT2D eigenvalue weighted by molar-refractivity contribution is -0.143. The maximum atomic E-state index is 13.3. The molecule has 170 valence electrons. The molecule has 1 aliphatic heterocycles. The molecule has 3 aromatic rings. The van der Waals surface area contributed by atoms with Crippen LogP contribution in [-0.2, 0) is 23.7 Å². The fourth-order valence-corrected chi connectivity index (χ4v) is 3.10. The quantitative estimate of drug-likeness (QED) is 0.446. The number of hydrogen-bond donors (Lipinski definition) is 2. The summed E-state index contributed by atoms with van der Waals surface area (Å²) < 4.78 is 78.3. The predicted octanol–water partition coefficient (Wildman–Crippen LogP) is 4.28. The van der Waals surface area contributed by atoms with Crippen molar-refractivity contribution in [2.75, 3.05) is 0 Å². The van der Waals surface area contributed by atoms with Crippen LogP contribution >= 0.6 is 0 Å². The Morgan fingerprint density at radius 3 is 2.48 bits per heavy atom. The highest BCUT2D eigenvalue weighted by atomic mass is 19.4. The molecule has 2 aromatic heterocycles. The molecule has 4 rings (SSSR count). The molecule has 0 bridgehead atoms. The lowest BCUT2D eigenvalue weighted by atomic mass is 10.0. The highest BCUT2D eigenvalue weighted by molar-refractivity contribution is 6.12. The van der Waals surface area contributed by atoms with E-state index in [1.807, 2.05) is 0 Å². The van der Waals surface area contributed by atoms with Crippen LogP contribution < -0.4 is 10.6 Å². The normalized spacial score (nSPS) is 15.6. The molecule has 0 unspecified atom stereocenters. The lowest BCUT2D eigenvalue weighted by Crippen LogP contribution is -2.33. The summed E-state index contributed by atoms with van der Waals surface area (Å²) >= 11 is 0. The molecule has 0 saturated heterocycles. The zero-order valence-corrected chi connectivity index (χ0v) is 16.4. The van der Waals surface area contributed by atoms with Gasteiger partial charge >= 0.3 is 12.4 Å². The number of nitrogens with zero attached hydrogens (tertiary/aromatic N) is 3. The van der Waals surface area contributed by atoms with E-state index >= 15 is 0 Å². The van der Waals surface area contributed by atoms with E-state index in [-0.39, 0.29) is 17.7 Å². The van der Waals surface area contributed by atoms with Crippen LogP contribution in [0.2, 0.25) is 0 Å². The molecule has 1 aliphatic rings. The first-order chi connectivity index (χ1) is 15.5. The molecular formula is C21H13F6N5O. The van der Waals surface area contributed by atoms with Gasteiger partial charge in [0.05, 0.1) is 27.9 Å². The van der Waals surface area contributed by atoms with Crippen LogP contribution in [0.3, 0.4) is 0 Å². The Morgan fingerprint density at radius 1 is 0.970 bits per heavy atom. The number of alkyl halides is 6. The fraction of sp³-hybridized carbons (Fsp3) is 0.143. The maximum absolute atomic E-state index is 13.3. The Bertz CT molecular complexity index is 1300. The van der Waals surface area contributed by atoms with Gasteiger partial charge in [-0.05, 0) is 48.0 Å². The number of halogens is 6. The molecule has 0 fully saturated rings. The SMILES string of the molecule is O=C1N=C(NCc2ccc(C(F)(F)F)cc2C(F)(F)F)NC1=Cc1ccc2ncccc2n1. The summed E-state index contributed by atoms with van der Waals surface area (Å²) in [4.78, 5) is 24.3.